The molecule has 21 heavy (non-hydrogen) atoms. The van der Waals surface area contributed by atoms with Crippen LogP contribution in [0.15, 0.2) is 48.5 Å². The van der Waals surface area contributed by atoms with Crippen LogP contribution >= 0.6 is 0 Å². The number of hydrogen-bond donors (Lipinski definition) is 1. The van der Waals surface area contributed by atoms with E-state index < -0.39 is 0 Å². The molecule has 0 unspecified atom stereocenters. The number of rotatable bonds is 5. The molecular weight excluding hydrogens is 260 g/mol. The summed E-state index contributed by atoms with van der Waals surface area (Å²) in [6.45, 7) is 4.73. The van der Waals surface area contributed by atoms with Gasteiger partial charge in [0.1, 0.15) is 0 Å². The van der Waals surface area contributed by atoms with Crippen LogP contribution < -0.4 is 10.6 Å². The molecule has 3 heteroatoms. The zero-order chi connectivity index (χ0) is 15.2. The van der Waals surface area contributed by atoms with Gasteiger partial charge in [-0.2, -0.15) is 0 Å². The number of carbonyl (C=O) groups is 1. The smallest absolute Gasteiger partial charge is 0.227 e. The highest BCUT2D eigenvalue weighted by Crippen LogP contribution is 2.18. The highest BCUT2D eigenvalue weighted by Gasteiger charge is 2.14. The van der Waals surface area contributed by atoms with Gasteiger partial charge in [0.25, 0.3) is 0 Å². The maximum Gasteiger partial charge on any atom is 0.227 e. The van der Waals surface area contributed by atoms with Crippen LogP contribution in [0.4, 0.5) is 11.4 Å². The van der Waals surface area contributed by atoms with Crippen molar-refractivity contribution in [1.82, 2.24) is 0 Å². The van der Waals surface area contributed by atoms with Gasteiger partial charge in [0.05, 0.1) is 0 Å². The van der Waals surface area contributed by atoms with Crippen molar-refractivity contribution < 1.29 is 4.79 Å². The molecule has 0 spiro atoms. The van der Waals surface area contributed by atoms with Gasteiger partial charge in [-0.1, -0.05) is 24.3 Å². The normalized spacial score (nSPS) is 10.4. The molecule has 0 fully saturated rings. The predicted octanol–water partition coefficient (Wildman–Crippen LogP) is 3.56. The third kappa shape index (κ3) is 3.85. The number of benzene rings is 2. The van der Waals surface area contributed by atoms with E-state index in [0.29, 0.717) is 18.7 Å². The summed E-state index contributed by atoms with van der Waals surface area (Å²) in [5, 5.41) is 0. The quantitative estimate of drug-likeness (QED) is 0.852. The fourth-order valence-corrected chi connectivity index (χ4v) is 2.42. The SMILES string of the molecule is CCN(C(=O)CCc1ccccc1C)c1ccc(N)cc1. The molecule has 2 rings (SSSR count). The van der Waals surface area contributed by atoms with E-state index in [2.05, 4.69) is 19.1 Å². The molecule has 0 aliphatic carbocycles. The van der Waals surface area contributed by atoms with E-state index in [4.69, 9.17) is 5.73 Å². The summed E-state index contributed by atoms with van der Waals surface area (Å²) >= 11 is 0. The van der Waals surface area contributed by atoms with Crippen molar-refractivity contribution >= 4 is 17.3 Å². The van der Waals surface area contributed by atoms with Gasteiger partial charge in [0.2, 0.25) is 5.91 Å². The van der Waals surface area contributed by atoms with Gasteiger partial charge in [-0.25, -0.2) is 0 Å². The minimum Gasteiger partial charge on any atom is -0.399 e. The van der Waals surface area contributed by atoms with E-state index in [9.17, 15) is 4.79 Å². The molecule has 0 radical (unpaired) electrons. The molecule has 0 aliphatic rings. The summed E-state index contributed by atoms with van der Waals surface area (Å²) in [5.74, 6) is 0.144. The zero-order valence-electron chi connectivity index (χ0n) is 12.7. The molecule has 1 amide bonds. The summed E-state index contributed by atoms with van der Waals surface area (Å²) in [6, 6.07) is 15.6. The van der Waals surface area contributed by atoms with E-state index in [1.807, 2.05) is 43.3 Å². The van der Waals surface area contributed by atoms with Crippen molar-refractivity contribution in [1.29, 1.82) is 0 Å². The Hall–Kier alpha value is -2.29. The van der Waals surface area contributed by atoms with Crippen molar-refractivity contribution in [2.75, 3.05) is 17.2 Å². The van der Waals surface area contributed by atoms with Gasteiger partial charge in [-0.05, 0) is 55.7 Å². The molecule has 0 aliphatic heterocycles. The minimum atomic E-state index is 0.144. The number of nitrogens with two attached hydrogens (primary N) is 1. The lowest BCUT2D eigenvalue weighted by molar-refractivity contribution is -0.118. The van der Waals surface area contributed by atoms with E-state index in [1.165, 1.54) is 11.1 Å². The molecule has 0 saturated carbocycles. The first-order valence-electron chi connectivity index (χ1n) is 7.32. The van der Waals surface area contributed by atoms with Crippen LogP contribution in [0.25, 0.3) is 0 Å². The first-order valence-corrected chi connectivity index (χ1v) is 7.32. The predicted molar refractivity (Wildman–Crippen MR) is 88.4 cm³/mol. The van der Waals surface area contributed by atoms with Gasteiger partial charge in [0.15, 0.2) is 0 Å². The second kappa shape index (κ2) is 6.93. The average molecular weight is 282 g/mol. The van der Waals surface area contributed by atoms with E-state index in [1.54, 1.807) is 4.90 Å². The van der Waals surface area contributed by atoms with Crippen molar-refractivity contribution in [3.63, 3.8) is 0 Å². The number of nitrogen functional groups attached to an aromatic ring is 1. The maximum absolute atomic E-state index is 12.4. The molecule has 0 atom stereocenters. The zero-order valence-corrected chi connectivity index (χ0v) is 12.7. The summed E-state index contributed by atoms with van der Waals surface area (Å²) in [7, 11) is 0. The monoisotopic (exact) mass is 282 g/mol. The summed E-state index contributed by atoms with van der Waals surface area (Å²) in [6.07, 6.45) is 1.29. The Morgan fingerprint density at radius 1 is 1.10 bits per heavy atom. The largest absolute Gasteiger partial charge is 0.399 e. The summed E-state index contributed by atoms with van der Waals surface area (Å²) in [5.41, 5.74) is 9.78. The molecular formula is C18H22N2O. The van der Waals surface area contributed by atoms with Gasteiger partial charge in [-0.15, -0.1) is 0 Å². The van der Waals surface area contributed by atoms with Gasteiger partial charge in [0, 0.05) is 24.3 Å². The lowest BCUT2D eigenvalue weighted by atomic mass is 10.0. The number of hydrogen-bond acceptors (Lipinski definition) is 2. The van der Waals surface area contributed by atoms with E-state index >= 15 is 0 Å². The molecule has 2 aromatic rings. The van der Waals surface area contributed by atoms with E-state index in [0.717, 1.165) is 12.1 Å². The highest BCUT2D eigenvalue weighted by atomic mass is 16.2. The fourth-order valence-electron chi connectivity index (χ4n) is 2.42. The van der Waals surface area contributed by atoms with Crippen LogP contribution in [0.3, 0.4) is 0 Å². The van der Waals surface area contributed by atoms with E-state index in [-0.39, 0.29) is 5.91 Å². The molecule has 2 N–H and O–H groups in total. The number of nitrogens with zero attached hydrogens (tertiary/aromatic N) is 1. The Labute approximate surface area is 126 Å². The highest BCUT2D eigenvalue weighted by molar-refractivity contribution is 5.93. The van der Waals surface area contributed by atoms with Crippen LogP contribution in [0.2, 0.25) is 0 Å². The number of aryl methyl sites for hydroxylation is 2. The lowest BCUT2D eigenvalue weighted by Crippen LogP contribution is -2.30. The van der Waals surface area contributed by atoms with Crippen molar-refractivity contribution in [2.24, 2.45) is 0 Å². The maximum atomic E-state index is 12.4. The Bertz CT molecular complexity index is 605. The van der Waals surface area contributed by atoms with Gasteiger partial charge < -0.3 is 10.6 Å². The van der Waals surface area contributed by atoms with Crippen LogP contribution in [0.1, 0.15) is 24.5 Å². The van der Waals surface area contributed by atoms with Crippen LogP contribution in [0, 0.1) is 6.92 Å². The lowest BCUT2D eigenvalue weighted by Gasteiger charge is -2.21. The second-order valence-electron chi connectivity index (χ2n) is 5.16. The number of anilines is 2. The van der Waals surface area contributed by atoms with Gasteiger partial charge >= 0.3 is 0 Å². The molecule has 3 nitrogen and oxygen atoms in total. The van der Waals surface area contributed by atoms with Crippen LogP contribution in [-0.2, 0) is 11.2 Å². The van der Waals surface area contributed by atoms with Crippen LogP contribution in [0.5, 0.6) is 0 Å². The van der Waals surface area contributed by atoms with Crippen LogP contribution in [-0.4, -0.2) is 12.5 Å². The third-order valence-electron chi connectivity index (χ3n) is 3.69. The van der Waals surface area contributed by atoms with Crippen molar-refractivity contribution in [3.8, 4) is 0 Å². The Morgan fingerprint density at radius 3 is 2.38 bits per heavy atom. The molecule has 0 saturated heterocycles. The summed E-state index contributed by atoms with van der Waals surface area (Å²) in [4.78, 5) is 14.2. The number of amides is 1. The second-order valence-corrected chi connectivity index (χ2v) is 5.16. The topological polar surface area (TPSA) is 46.3 Å². The van der Waals surface area contributed by atoms with Crippen molar-refractivity contribution in [2.45, 2.75) is 26.7 Å². The third-order valence-corrected chi connectivity index (χ3v) is 3.69. The molecule has 110 valence electrons. The average Bonchev–Trinajstić information content (AvgIpc) is 2.49. The number of carbonyl (C=O) groups excluding carboxylic acids is 1. The minimum absolute atomic E-state index is 0.144. The standard InChI is InChI=1S/C18H22N2O/c1-3-20(17-11-9-16(19)10-12-17)18(21)13-8-15-7-5-4-6-14(15)2/h4-7,9-12H,3,8,13,19H2,1-2H3. The Morgan fingerprint density at radius 2 is 1.76 bits per heavy atom. The Balaban J connectivity index is 2.04. The molecule has 2 aromatic carbocycles. The first kappa shape index (κ1) is 15.1. The summed E-state index contributed by atoms with van der Waals surface area (Å²) < 4.78 is 0. The molecule has 0 heterocycles. The van der Waals surface area contributed by atoms with Gasteiger partial charge in [-0.3, -0.25) is 4.79 Å². The molecule has 0 bridgehead atoms. The fraction of sp³-hybridized carbons (Fsp3) is 0.278. The van der Waals surface area contributed by atoms with Crippen molar-refractivity contribution in [3.05, 3.63) is 59.7 Å². The molecule has 0 aromatic heterocycles. The Kier molecular flexibility index (Phi) is 4.99. The first-order chi connectivity index (χ1) is 10.1.